The molecule has 6 heteroatoms. The molecule has 2 fully saturated rings. The average Bonchev–Trinajstić information content (AvgIpc) is 2.54. The average molecular weight is 297 g/mol. The van der Waals surface area contributed by atoms with Gasteiger partial charge < -0.3 is 14.5 Å². The topological polar surface area (TPSA) is 53.1 Å². The molecule has 120 valence electrons. The van der Waals surface area contributed by atoms with Crippen LogP contribution in [-0.2, 0) is 14.3 Å². The smallest absolute Gasteiger partial charge is 0.306 e. The lowest BCUT2D eigenvalue weighted by atomic mass is 10.1. The zero-order chi connectivity index (χ0) is 15.1. The molecule has 6 nitrogen and oxygen atoms in total. The van der Waals surface area contributed by atoms with Crippen LogP contribution in [0.4, 0.5) is 0 Å². The molecule has 2 heterocycles. The van der Waals surface area contributed by atoms with E-state index in [-0.39, 0.29) is 11.9 Å². The van der Waals surface area contributed by atoms with Gasteiger partial charge in [0.05, 0.1) is 20.1 Å². The second-order valence-corrected chi connectivity index (χ2v) is 5.89. The van der Waals surface area contributed by atoms with Crippen molar-refractivity contribution >= 4 is 11.9 Å². The zero-order valence-corrected chi connectivity index (χ0v) is 13.1. The Bertz CT molecular complexity index is 348. The fourth-order valence-electron chi connectivity index (χ4n) is 2.96. The quantitative estimate of drug-likeness (QED) is 0.678. The lowest BCUT2D eigenvalue weighted by molar-refractivity contribution is -0.141. The van der Waals surface area contributed by atoms with Crippen LogP contribution >= 0.6 is 0 Å². The lowest BCUT2D eigenvalue weighted by Gasteiger charge is -2.35. The van der Waals surface area contributed by atoms with Crippen molar-refractivity contribution in [2.75, 3.05) is 59.5 Å². The summed E-state index contributed by atoms with van der Waals surface area (Å²) in [6.07, 6.45) is 3.99. The van der Waals surface area contributed by atoms with Gasteiger partial charge in [0, 0.05) is 45.8 Å². The van der Waals surface area contributed by atoms with Crippen molar-refractivity contribution < 1.29 is 14.3 Å². The maximum absolute atomic E-state index is 12.2. The molecule has 0 N–H and O–H groups in total. The molecular formula is C15H27N3O3. The largest absolute Gasteiger partial charge is 0.469 e. The number of hydrogen-bond donors (Lipinski definition) is 0. The Hall–Kier alpha value is -1.14. The number of methoxy groups -OCH3 is 1. The first kappa shape index (κ1) is 16.2. The van der Waals surface area contributed by atoms with Crippen molar-refractivity contribution in [3.05, 3.63) is 0 Å². The third-order valence-electron chi connectivity index (χ3n) is 4.39. The fraction of sp³-hybridized carbons (Fsp3) is 0.867. The monoisotopic (exact) mass is 297 g/mol. The summed E-state index contributed by atoms with van der Waals surface area (Å²) >= 11 is 0. The number of amides is 1. The van der Waals surface area contributed by atoms with Gasteiger partial charge in [-0.1, -0.05) is 0 Å². The van der Waals surface area contributed by atoms with Gasteiger partial charge in [-0.3, -0.25) is 14.5 Å². The minimum absolute atomic E-state index is 0.155. The highest BCUT2D eigenvalue weighted by atomic mass is 16.5. The number of piperazine rings is 1. The van der Waals surface area contributed by atoms with Crippen LogP contribution in [0.5, 0.6) is 0 Å². The number of nitrogens with zero attached hydrogens (tertiary/aromatic N) is 3. The number of rotatable bonds is 5. The highest BCUT2D eigenvalue weighted by Crippen LogP contribution is 2.10. The SMILES string of the molecule is COC(=O)CCN1CCN(CC(=O)N2CCCCC2)CC1. The van der Waals surface area contributed by atoms with Crippen LogP contribution in [0.1, 0.15) is 25.7 Å². The Kier molecular flexibility index (Phi) is 6.45. The Morgan fingerprint density at radius 1 is 0.905 bits per heavy atom. The molecule has 2 aliphatic rings. The number of carbonyl (C=O) groups excluding carboxylic acids is 2. The van der Waals surface area contributed by atoms with Gasteiger partial charge in [-0.05, 0) is 19.3 Å². The van der Waals surface area contributed by atoms with Crippen molar-refractivity contribution in [2.24, 2.45) is 0 Å². The van der Waals surface area contributed by atoms with E-state index in [0.717, 1.165) is 58.7 Å². The molecule has 0 unspecified atom stereocenters. The number of carbonyl (C=O) groups is 2. The molecular weight excluding hydrogens is 270 g/mol. The van der Waals surface area contributed by atoms with Crippen molar-refractivity contribution in [2.45, 2.75) is 25.7 Å². The zero-order valence-electron chi connectivity index (χ0n) is 13.1. The fourth-order valence-corrected chi connectivity index (χ4v) is 2.96. The number of likely N-dealkylation sites (tertiary alicyclic amines) is 1. The second-order valence-electron chi connectivity index (χ2n) is 5.89. The minimum Gasteiger partial charge on any atom is -0.469 e. The molecule has 21 heavy (non-hydrogen) atoms. The standard InChI is InChI=1S/C15H27N3O3/c1-21-15(20)5-8-16-9-11-17(12-10-16)13-14(19)18-6-3-2-4-7-18/h2-13H2,1H3. The Labute approximate surface area is 127 Å². The molecule has 0 saturated carbocycles. The van der Waals surface area contributed by atoms with Gasteiger partial charge in [0.1, 0.15) is 0 Å². The van der Waals surface area contributed by atoms with Crippen LogP contribution < -0.4 is 0 Å². The Morgan fingerprint density at radius 2 is 1.52 bits per heavy atom. The van der Waals surface area contributed by atoms with E-state index in [1.54, 1.807) is 0 Å². The van der Waals surface area contributed by atoms with Crippen molar-refractivity contribution in [1.82, 2.24) is 14.7 Å². The van der Waals surface area contributed by atoms with E-state index >= 15 is 0 Å². The number of piperidine rings is 1. The molecule has 0 bridgehead atoms. The first-order chi connectivity index (χ1) is 10.2. The van der Waals surface area contributed by atoms with Crippen LogP contribution in [0.25, 0.3) is 0 Å². The summed E-state index contributed by atoms with van der Waals surface area (Å²) < 4.78 is 4.66. The van der Waals surface area contributed by atoms with Gasteiger partial charge in [-0.25, -0.2) is 0 Å². The van der Waals surface area contributed by atoms with Gasteiger partial charge in [0.15, 0.2) is 0 Å². The van der Waals surface area contributed by atoms with Crippen molar-refractivity contribution in [3.8, 4) is 0 Å². The van der Waals surface area contributed by atoms with Gasteiger partial charge in [0.25, 0.3) is 0 Å². The minimum atomic E-state index is -0.155. The third-order valence-corrected chi connectivity index (χ3v) is 4.39. The predicted octanol–water partition coefficient (Wildman–Crippen LogP) is 0.180. The molecule has 0 aromatic carbocycles. The predicted molar refractivity (Wildman–Crippen MR) is 79.9 cm³/mol. The molecule has 0 radical (unpaired) electrons. The lowest BCUT2D eigenvalue weighted by Crippen LogP contribution is -2.50. The van der Waals surface area contributed by atoms with Gasteiger partial charge in [-0.15, -0.1) is 0 Å². The van der Waals surface area contributed by atoms with E-state index in [2.05, 4.69) is 14.5 Å². The van der Waals surface area contributed by atoms with E-state index in [4.69, 9.17) is 0 Å². The van der Waals surface area contributed by atoms with Gasteiger partial charge >= 0.3 is 5.97 Å². The summed E-state index contributed by atoms with van der Waals surface area (Å²) in [5.41, 5.74) is 0. The van der Waals surface area contributed by atoms with Crippen LogP contribution in [0.3, 0.4) is 0 Å². The maximum Gasteiger partial charge on any atom is 0.306 e. The molecule has 2 rings (SSSR count). The van der Waals surface area contributed by atoms with Crippen molar-refractivity contribution in [3.63, 3.8) is 0 Å². The molecule has 0 atom stereocenters. The van der Waals surface area contributed by atoms with E-state index in [1.807, 2.05) is 4.90 Å². The summed E-state index contributed by atoms with van der Waals surface area (Å²) in [5.74, 6) is 0.121. The van der Waals surface area contributed by atoms with Crippen molar-refractivity contribution in [1.29, 1.82) is 0 Å². The van der Waals surface area contributed by atoms with Crippen LogP contribution in [0.2, 0.25) is 0 Å². The highest BCUT2D eigenvalue weighted by Gasteiger charge is 2.22. The van der Waals surface area contributed by atoms with Crippen LogP contribution in [0, 0.1) is 0 Å². The normalized spacial score (nSPS) is 21.3. The van der Waals surface area contributed by atoms with Gasteiger partial charge in [-0.2, -0.15) is 0 Å². The Balaban J connectivity index is 1.64. The molecule has 0 spiro atoms. The molecule has 1 amide bonds. The molecule has 0 aliphatic carbocycles. The van der Waals surface area contributed by atoms with E-state index in [0.29, 0.717) is 13.0 Å². The second kappa shape index (κ2) is 8.34. The molecule has 2 aliphatic heterocycles. The number of ether oxygens (including phenoxy) is 1. The van der Waals surface area contributed by atoms with E-state index in [1.165, 1.54) is 13.5 Å². The number of esters is 1. The number of hydrogen-bond acceptors (Lipinski definition) is 5. The molecule has 0 aromatic heterocycles. The van der Waals surface area contributed by atoms with E-state index in [9.17, 15) is 9.59 Å². The first-order valence-electron chi connectivity index (χ1n) is 7.98. The highest BCUT2D eigenvalue weighted by molar-refractivity contribution is 5.78. The van der Waals surface area contributed by atoms with Gasteiger partial charge in [0.2, 0.25) is 5.91 Å². The van der Waals surface area contributed by atoms with Crippen LogP contribution in [-0.4, -0.2) is 86.0 Å². The summed E-state index contributed by atoms with van der Waals surface area (Å²) in [6, 6.07) is 0. The van der Waals surface area contributed by atoms with E-state index < -0.39 is 0 Å². The summed E-state index contributed by atoms with van der Waals surface area (Å²) in [6.45, 7) is 6.80. The summed E-state index contributed by atoms with van der Waals surface area (Å²) in [7, 11) is 1.42. The molecule has 0 aromatic rings. The molecule has 2 saturated heterocycles. The Morgan fingerprint density at radius 3 is 2.14 bits per heavy atom. The summed E-state index contributed by atoms with van der Waals surface area (Å²) in [5, 5.41) is 0. The first-order valence-corrected chi connectivity index (χ1v) is 7.98. The summed E-state index contributed by atoms with van der Waals surface area (Å²) in [4.78, 5) is 29.8. The van der Waals surface area contributed by atoms with Crippen LogP contribution in [0.15, 0.2) is 0 Å². The maximum atomic E-state index is 12.2. The third kappa shape index (κ3) is 5.28.